The summed E-state index contributed by atoms with van der Waals surface area (Å²) in [5.74, 6) is 1.34. The molecule has 1 unspecified atom stereocenters. The highest BCUT2D eigenvalue weighted by Gasteiger charge is 2.18. The minimum atomic E-state index is 0.0497. The molecule has 0 radical (unpaired) electrons. The lowest BCUT2D eigenvalue weighted by Crippen LogP contribution is -2.32. The van der Waals surface area contributed by atoms with Gasteiger partial charge in [-0.05, 0) is 43.9 Å². The molecule has 1 aromatic carbocycles. The molecule has 0 saturated carbocycles. The first kappa shape index (κ1) is 18.6. The molecule has 5 heteroatoms. The van der Waals surface area contributed by atoms with Crippen LogP contribution in [0.1, 0.15) is 45.1 Å². The molecular formula is C19H30N2O3. The van der Waals surface area contributed by atoms with E-state index in [0.29, 0.717) is 17.5 Å². The number of hydrogen-bond donors (Lipinski definition) is 1. The Morgan fingerprint density at radius 2 is 2.04 bits per heavy atom. The van der Waals surface area contributed by atoms with Crippen molar-refractivity contribution in [3.63, 3.8) is 0 Å². The lowest BCUT2D eigenvalue weighted by molar-refractivity contribution is -0.132. The van der Waals surface area contributed by atoms with Gasteiger partial charge in [0.05, 0.1) is 7.11 Å². The average molecular weight is 334 g/mol. The van der Waals surface area contributed by atoms with Crippen molar-refractivity contribution < 1.29 is 14.3 Å². The van der Waals surface area contributed by atoms with E-state index < -0.39 is 0 Å². The van der Waals surface area contributed by atoms with Crippen LogP contribution in [0.3, 0.4) is 0 Å². The van der Waals surface area contributed by atoms with Crippen LogP contribution in [0.15, 0.2) is 18.2 Å². The summed E-state index contributed by atoms with van der Waals surface area (Å²) in [7, 11) is 1.63. The van der Waals surface area contributed by atoms with Gasteiger partial charge in [0.2, 0.25) is 0 Å². The van der Waals surface area contributed by atoms with E-state index in [4.69, 9.17) is 9.47 Å². The summed E-state index contributed by atoms with van der Waals surface area (Å²) in [5.41, 5.74) is 1.15. The van der Waals surface area contributed by atoms with E-state index >= 15 is 0 Å². The van der Waals surface area contributed by atoms with Gasteiger partial charge in [-0.25, -0.2) is 0 Å². The smallest absolute Gasteiger partial charge is 0.260 e. The fraction of sp³-hybridized carbons (Fsp3) is 0.632. The topological polar surface area (TPSA) is 50.8 Å². The Bertz CT molecular complexity index is 527. The van der Waals surface area contributed by atoms with Gasteiger partial charge in [-0.2, -0.15) is 0 Å². The number of amides is 1. The monoisotopic (exact) mass is 334 g/mol. The van der Waals surface area contributed by atoms with Crippen LogP contribution < -0.4 is 14.8 Å². The van der Waals surface area contributed by atoms with Gasteiger partial charge in [-0.15, -0.1) is 0 Å². The van der Waals surface area contributed by atoms with E-state index in [-0.39, 0.29) is 12.5 Å². The van der Waals surface area contributed by atoms with Crippen molar-refractivity contribution in [1.29, 1.82) is 0 Å². The maximum absolute atomic E-state index is 12.1. The van der Waals surface area contributed by atoms with Crippen molar-refractivity contribution >= 4 is 5.91 Å². The Kier molecular flexibility index (Phi) is 7.37. The van der Waals surface area contributed by atoms with Crippen LogP contribution in [0.25, 0.3) is 0 Å². The first-order valence-corrected chi connectivity index (χ1v) is 8.95. The summed E-state index contributed by atoms with van der Waals surface area (Å²) in [5, 5.41) is 3.50. The first-order valence-electron chi connectivity index (χ1n) is 8.95. The van der Waals surface area contributed by atoms with Gasteiger partial charge in [0.15, 0.2) is 18.1 Å². The van der Waals surface area contributed by atoms with Crippen LogP contribution in [-0.2, 0) is 11.3 Å². The molecular weight excluding hydrogens is 304 g/mol. The Balaban J connectivity index is 1.89. The van der Waals surface area contributed by atoms with E-state index in [1.807, 2.05) is 23.1 Å². The van der Waals surface area contributed by atoms with Crippen molar-refractivity contribution in [2.75, 3.05) is 26.8 Å². The number of nitrogens with one attached hydrogen (secondary N) is 1. The van der Waals surface area contributed by atoms with Gasteiger partial charge in [0.1, 0.15) is 0 Å². The highest BCUT2D eigenvalue weighted by molar-refractivity contribution is 5.78. The number of carbonyl (C=O) groups excluding carboxylic acids is 1. The molecule has 134 valence electrons. The molecule has 1 N–H and O–H groups in total. The fourth-order valence-corrected chi connectivity index (χ4v) is 2.97. The molecule has 1 aliphatic heterocycles. The number of methoxy groups -OCH3 is 1. The van der Waals surface area contributed by atoms with Crippen LogP contribution >= 0.6 is 0 Å². The van der Waals surface area contributed by atoms with E-state index in [1.165, 1.54) is 6.42 Å². The normalized spacial score (nSPS) is 15.4. The maximum atomic E-state index is 12.1. The van der Waals surface area contributed by atoms with Crippen molar-refractivity contribution in [2.45, 2.75) is 52.1 Å². The second-order valence-corrected chi connectivity index (χ2v) is 6.43. The summed E-state index contributed by atoms with van der Waals surface area (Å²) < 4.78 is 11.1. The predicted molar refractivity (Wildman–Crippen MR) is 95.5 cm³/mol. The summed E-state index contributed by atoms with van der Waals surface area (Å²) in [6, 6.07) is 6.37. The number of nitrogens with zero attached hydrogens (tertiary/aromatic N) is 1. The van der Waals surface area contributed by atoms with Gasteiger partial charge >= 0.3 is 0 Å². The van der Waals surface area contributed by atoms with E-state index in [2.05, 4.69) is 19.2 Å². The number of likely N-dealkylation sites (tertiary alicyclic amines) is 1. The lowest BCUT2D eigenvalue weighted by atomic mass is 10.1. The van der Waals surface area contributed by atoms with Gasteiger partial charge in [0, 0.05) is 25.7 Å². The summed E-state index contributed by atoms with van der Waals surface area (Å²) in [4.78, 5) is 13.9. The van der Waals surface area contributed by atoms with Gasteiger partial charge in [-0.3, -0.25) is 4.79 Å². The molecule has 1 amide bonds. The largest absolute Gasteiger partial charge is 0.493 e. The van der Waals surface area contributed by atoms with E-state index in [1.54, 1.807) is 7.11 Å². The van der Waals surface area contributed by atoms with Crippen molar-refractivity contribution in [3.05, 3.63) is 23.8 Å². The summed E-state index contributed by atoms with van der Waals surface area (Å²) in [6.07, 6.45) is 4.52. The number of ether oxygens (including phenoxy) is 2. The van der Waals surface area contributed by atoms with Crippen LogP contribution in [0, 0.1) is 0 Å². The predicted octanol–water partition coefficient (Wildman–Crippen LogP) is 2.97. The lowest BCUT2D eigenvalue weighted by Gasteiger charge is -2.17. The number of benzene rings is 1. The Hall–Kier alpha value is -1.75. The minimum Gasteiger partial charge on any atom is -0.493 e. The summed E-state index contributed by atoms with van der Waals surface area (Å²) in [6.45, 7) is 6.95. The third-order valence-electron chi connectivity index (χ3n) is 4.41. The number of hydrogen-bond acceptors (Lipinski definition) is 4. The number of carbonyl (C=O) groups is 1. The molecule has 0 aromatic heterocycles. The van der Waals surface area contributed by atoms with Gasteiger partial charge in [0.25, 0.3) is 5.91 Å². The first-order chi connectivity index (χ1) is 11.6. The third-order valence-corrected chi connectivity index (χ3v) is 4.41. The quantitative estimate of drug-likeness (QED) is 0.754. The SMILES string of the molecule is CCCC(C)NCc1ccc(OCC(=O)N2CCCC2)c(OC)c1. The van der Waals surface area contributed by atoms with Gasteiger partial charge in [-0.1, -0.05) is 19.4 Å². The zero-order chi connectivity index (χ0) is 17.4. The maximum Gasteiger partial charge on any atom is 0.260 e. The van der Waals surface area contributed by atoms with Crippen molar-refractivity contribution in [3.8, 4) is 11.5 Å². The molecule has 1 saturated heterocycles. The molecule has 1 fully saturated rings. The zero-order valence-electron chi connectivity index (χ0n) is 15.1. The Labute approximate surface area is 145 Å². The van der Waals surface area contributed by atoms with Crippen LogP contribution in [-0.4, -0.2) is 43.7 Å². The molecule has 0 aliphatic carbocycles. The highest BCUT2D eigenvalue weighted by atomic mass is 16.5. The fourth-order valence-electron chi connectivity index (χ4n) is 2.97. The van der Waals surface area contributed by atoms with Gasteiger partial charge < -0.3 is 19.7 Å². The van der Waals surface area contributed by atoms with Crippen LogP contribution in [0.5, 0.6) is 11.5 Å². The van der Waals surface area contributed by atoms with Crippen LogP contribution in [0.2, 0.25) is 0 Å². The molecule has 0 bridgehead atoms. The standard InChI is InChI=1S/C19H30N2O3/c1-4-7-15(2)20-13-16-8-9-17(18(12-16)23-3)24-14-19(22)21-10-5-6-11-21/h8-9,12,15,20H,4-7,10-11,13-14H2,1-3H3. The number of rotatable bonds is 9. The average Bonchev–Trinajstić information content (AvgIpc) is 3.13. The summed E-state index contributed by atoms with van der Waals surface area (Å²) >= 11 is 0. The molecule has 0 spiro atoms. The van der Waals surface area contributed by atoms with E-state index in [9.17, 15) is 4.79 Å². The van der Waals surface area contributed by atoms with Crippen LogP contribution in [0.4, 0.5) is 0 Å². The van der Waals surface area contributed by atoms with E-state index in [0.717, 1.165) is 44.5 Å². The molecule has 24 heavy (non-hydrogen) atoms. The minimum absolute atomic E-state index is 0.0497. The Morgan fingerprint density at radius 3 is 2.71 bits per heavy atom. The third kappa shape index (κ3) is 5.41. The van der Waals surface area contributed by atoms with Crippen molar-refractivity contribution in [2.24, 2.45) is 0 Å². The second-order valence-electron chi connectivity index (χ2n) is 6.43. The molecule has 1 aliphatic rings. The Morgan fingerprint density at radius 1 is 1.29 bits per heavy atom. The van der Waals surface area contributed by atoms with Crippen molar-refractivity contribution in [1.82, 2.24) is 10.2 Å². The highest BCUT2D eigenvalue weighted by Crippen LogP contribution is 2.28. The molecule has 2 rings (SSSR count). The zero-order valence-corrected chi connectivity index (χ0v) is 15.1. The molecule has 1 aromatic rings. The molecule has 5 nitrogen and oxygen atoms in total. The molecule has 1 atom stereocenters. The second kappa shape index (κ2) is 9.52. The molecule has 1 heterocycles.